The van der Waals surface area contributed by atoms with Crippen LogP contribution >= 0.6 is 0 Å². The molecule has 1 saturated heterocycles. The van der Waals surface area contributed by atoms with Crippen LogP contribution in [0.1, 0.15) is 68.2 Å². The molecule has 1 amide bonds. The molecular weight excluding hydrogens is 346 g/mol. The Kier molecular flexibility index (Phi) is 7.86. The van der Waals surface area contributed by atoms with Gasteiger partial charge >= 0.3 is 0 Å². The highest BCUT2D eigenvalue weighted by Crippen LogP contribution is 2.40. The highest BCUT2D eigenvalue weighted by Gasteiger charge is 2.46. The van der Waals surface area contributed by atoms with Crippen molar-refractivity contribution in [2.24, 2.45) is 0 Å². The van der Waals surface area contributed by atoms with E-state index in [-0.39, 0.29) is 18.1 Å². The average molecular weight is 378 g/mol. The highest BCUT2D eigenvalue weighted by atomic mass is 16.6. The summed E-state index contributed by atoms with van der Waals surface area (Å²) >= 11 is 0. The number of amides is 1. The van der Waals surface area contributed by atoms with Crippen molar-refractivity contribution in [3.8, 4) is 0 Å². The predicted octanol–water partition coefficient (Wildman–Crippen LogP) is 5.82. The van der Waals surface area contributed by atoms with Crippen LogP contribution in [0, 0.1) is 0 Å². The number of hydrogen-bond acceptors (Lipinski definition) is 2. The van der Waals surface area contributed by atoms with E-state index in [0.717, 1.165) is 23.1 Å². The molecule has 2 aromatic carbocycles. The van der Waals surface area contributed by atoms with Gasteiger partial charge in [-0.15, -0.1) is 0 Å². The number of carbonyl (C=O) groups excluding carboxylic acids is 1. The first-order valence-corrected chi connectivity index (χ1v) is 10.5. The Bertz CT molecular complexity index is 769. The number of benzene rings is 2. The quantitative estimate of drug-likeness (QED) is 0.396. The Labute approximate surface area is 168 Å². The standard InChI is InChI=1S/C25H31NO2/c1-2-3-4-5-6-7-11-16-21-17-12-13-18-22(21)23-24(28-23)25(27)26-19-20-14-9-8-10-15-20/h8-18,23-24H,2-7,19H2,1H3,(H,26,27)/b16-11+. The summed E-state index contributed by atoms with van der Waals surface area (Å²) in [5.74, 6) is -0.0384. The van der Waals surface area contributed by atoms with Gasteiger partial charge in [-0.05, 0) is 29.5 Å². The summed E-state index contributed by atoms with van der Waals surface area (Å²) in [4.78, 5) is 12.4. The Morgan fingerprint density at radius 2 is 1.75 bits per heavy atom. The van der Waals surface area contributed by atoms with E-state index in [0.29, 0.717) is 6.54 Å². The number of rotatable bonds is 11. The molecule has 0 spiro atoms. The van der Waals surface area contributed by atoms with Gasteiger partial charge in [0.2, 0.25) is 0 Å². The summed E-state index contributed by atoms with van der Waals surface area (Å²) in [6.07, 6.45) is 11.5. The molecule has 0 radical (unpaired) electrons. The van der Waals surface area contributed by atoms with Gasteiger partial charge in [0.1, 0.15) is 6.10 Å². The molecule has 148 valence electrons. The molecule has 1 N–H and O–H groups in total. The minimum absolute atomic E-state index is 0.0384. The van der Waals surface area contributed by atoms with Gasteiger partial charge in [0.25, 0.3) is 5.91 Å². The first-order chi connectivity index (χ1) is 13.8. The van der Waals surface area contributed by atoms with Gasteiger partial charge in [-0.2, -0.15) is 0 Å². The minimum Gasteiger partial charge on any atom is -0.354 e. The van der Waals surface area contributed by atoms with Gasteiger partial charge < -0.3 is 10.1 Å². The number of epoxide rings is 1. The summed E-state index contributed by atoms with van der Waals surface area (Å²) in [7, 11) is 0. The molecule has 3 nitrogen and oxygen atoms in total. The van der Waals surface area contributed by atoms with Crippen LogP contribution in [0.2, 0.25) is 0 Å². The number of ether oxygens (including phenoxy) is 1. The molecule has 1 fully saturated rings. The van der Waals surface area contributed by atoms with Crippen molar-refractivity contribution in [1.82, 2.24) is 5.32 Å². The van der Waals surface area contributed by atoms with Crippen molar-refractivity contribution >= 4 is 12.0 Å². The van der Waals surface area contributed by atoms with Crippen LogP contribution in [0.3, 0.4) is 0 Å². The van der Waals surface area contributed by atoms with Crippen LogP contribution < -0.4 is 5.32 Å². The Morgan fingerprint density at radius 3 is 2.57 bits per heavy atom. The normalized spacial score (nSPS) is 18.3. The van der Waals surface area contributed by atoms with Crippen LogP contribution in [0.25, 0.3) is 6.08 Å². The zero-order valence-electron chi connectivity index (χ0n) is 16.8. The lowest BCUT2D eigenvalue weighted by molar-refractivity contribution is -0.122. The zero-order valence-corrected chi connectivity index (χ0v) is 16.8. The van der Waals surface area contributed by atoms with Gasteiger partial charge in [0.05, 0.1) is 0 Å². The van der Waals surface area contributed by atoms with Crippen LogP contribution in [0.15, 0.2) is 60.7 Å². The van der Waals surface area contributed by atoms with Crippen molar-refractivity contribution in [2.45, 2.75) is 64.2 Å². The van der Waals surface area contributed by atoms with Gasteiger partial charge in [-0.3, -0.25) is 4.79 Å². The highest BCUT2D eigenvalue weighted by molar-refractivity contribution is 5.84. The summed E-state index contributed by atoms with van der Waals surface area (Å²) < 4.78 is 5.72. The molecule has 0 bridgehead atoms. The maximum absolute atomic E-state index is 12.4. The second-order valence-electron chi connectivity index (χ2n) is 7.41. The Morgan fingerprint density at radius 1 is 1.00 bits per heavy atom. The Hall–Kier alpha value is -2.39. The summed E-state index contributed by atoms with van der Waals surface area (Å²) in [5.41, 5.74) is 3.35. The smallest absolute Gasteiger partial charge is 0.252 e. The third-order valence-corrected chi connectivity index (χ3v) is 5.13. The topological polar surface area (TPSA) is 41.6 Å². The number of carbonyl (C=O) groups is 1. The first kappa shape index (κ1) is 20.3. The number of nitrogens with one attached hydrogen (secondary N) is 1. The van der Waals surface area contributed by atoms with Crippen LogP contribution in [-0.2, 0) is 16.1 Å². The fourth-order valence-corrected chi connectivity index (χ4v) is 3.43. The molecule has 1 heterocycles. The maximum atomic E-state index is 12.4. The van der Waals surface area contributed by atoms with Crippen molar-refractivity contribution < 1.29 is 9.53 Å². The number of hydrogen-bond donors (Lipinski definition) is 1. The monoisotopic (exact) mass is 377 g/mol. The molecule has 2 atom stereocenters. The van der Waals surface area contributed by atoms with E-state index in [1.807, 2.05) is 42.5 Å². The second kappa shape index (κ2) is 10.8. The van der Waals surface area contributed by atoms with Crippen molar-refractivity contribution in [3.05, 3.63) is 77.4 Å². The fraction of sp³-hybridized carbons (Fsp3) is 0.400. The van der Waals surface area contributed by atoms with Gasteiger partial charge in [-0.25, -0.2) is 0 Å². The SMILES string of the molecule is CCCCCCC/C=C/c1ccccc1C1OC1C(=O)NCc1ccccc1. The number of allylic oxidation sites excluding steroid dienone is 1. The minimum atomic E-state index is -0.382. The van der Waals surface area contributed by atoms with Crippen molar-refractivity contribution in [1.29, 1.82) is 0 Å². The van der Waals surface area contributed by atoms with E-state index in [9.17, 15) is 4.79 Å². The Balaban J connectivity index is 1.49. The summed E-state index contributed by atoms with van der Waals surface area (Å²) in [6.45, 7) is 2.78. The van der Waals surface area contributed by atoms with Gasteiger partial charge in [0.15, 0.2) is 6.10 Å². The van der Waals surface area contributed by atoms with Crippen molar-refractivity contribution in [2.75, 3.05) is 0 Å². The molecule has 3 rings (SSSR count). The van der Waals surface area contributed by atoms with Crippen LogP contribution in [0.5, 0.6) is 0 Å². The van der Waals surface area contributed by atoms with E-state index in [1.165, 1.54) is 32.1 Å². The largest absolute Gasteiger partial charge is 0.354 e. The molecule has 0 aliphatic carbocycles. The molecule has 0 aromatic heterocycles. The fourth-order valence-electron chi connectivity index (χ4n) is 3.43. The molecular formula is C25H31NO2. The van der Waals surface area contributed by atoms with E-state index < -0.39 is 0 Å². The lowest BCUT2D eigenvalue weighted by Crippen LogP contribution is -2.27. The van der Waals surface area contributed by atoms with E-state index in [4.69, 9.17) is 4.74 Å². The summed E-state index contributed by atoms with van der Waals surface area (Å²) in [5, 5.41) is 2.97. The van der Waals surface area contributed by atoms with Gasteiger partial charge in [-0.1, -0.05) is 99.4 Å². The van der Waals surface area contributed by atoms with Gasteiger partial charge in [0, 0.05) is 6.54 Å². The maximum Gasteiger partial charge on any atom is 0.252 e. The first-order valence-electron chi connectivity index (χ1n) is 10.5. The third-order valence-electron chi connectivity index (χ3n) is 5.13. The molecule has 3 heteroatoms. The molecule has 2 unspecified atom stereocenters. The molecule has 1 aliphatic heterocycles. The molecule has 2 aromatic rings. The second-order valence-corrected chi connectivity index (χ2v) is 7.41. The van der Waals surface area contributed by atoms with Crippen LogP contribution in [0.4, 0.5) is 0 Å². The lowest BCUT2D eigenvalue weighted by atomic mass is 10.0. The third kappa shape index (κ3) is 6.07. The van der Waals surface area contributed by atoms with Crippen LogP contribution in [-0.4, -0.2) is 12.0 Å². The zero-order chi connectivity index (χ0) is 19.6. The molecule has 28 heavy (non-hydrogen) atoms. The van der Waals surface area contributed by atoms with E-state index in [1.54, 1.807) is 0 Å². The molecule has 1 aliphatic rings. The average Bonchev–Trinajstić information content (AvgIpc) is 3.53. The van der Waals surface area contributed by atoms with E-state index in [2.05, 4.69) is 36.5 Å². The van der Waals surface area contributed by atoms with Crippen molar-refractivity contribution in [3.63, 3.8) is 0 Å². The molecule has 0 saturated carbocycles. The number of unbranched alkanes of at least 4 members (excludes halogenated alkanes) is 5. The lowest BCUT2D eigenvalue weighted by Gasteiger charge is -2.05. The van der Waals surface area contributed by atoms with E-state index >= 15 is 0 Å². The predicted molar refractivity (Wildman–Crippen MR) is 115 cm³/mol. The summed E-state index contributed by atoms with van der Waals surface area (Å²) in [6, 6.07) is 18.2.